The maximum absolute atomic E-state index is 12.6. The number of rotatable bonds is 5. The molecule has 26 heavy (non-hydrogen) atoms. The highest BCUT2D eigenvalue weighted by molar-refractivity contribution is 5.80. The maximum atomic E-state index is 12.6. The molecule has 0 aliphatic carbocycles. The lowest BCUT2D eigenvalue weighted by Gasteiger charge is -2.19. The molecule has 132 valence electrons. The number of nitrogens with one attached hydrogen (secondary N) is 1. The van der Waals surface area contributed by atoms with Crippen molar-refractivity contribution < 1.29 is 4.79 Å². The number of benzene rings is 1. The van der Waals surface area contributed by atoms with Crippen LogP contribution in [0.1, 0.15) is 31.5 Å². The van der Waals surface area contributed by atoms with Gasteiger partial charge in [-0.1, -0.05) is 30.3 Å². The fourth-order valence-electron chi connectivity index (χ4n) is 2.65. The summed E-state index contributed by atoms with van der Waals surface area (Å²) in [5.41, 5.74) is 2.12. The molecule has 0 saturated carbocycles. The number of aromatic nitrogens is 3. The van der Waals surface area contributed by atoms with E-state index in [9.17, 15) is 9.59 Å². The summed E-state index contributed by atoms with van der Waals surface area (Å²) in [6.07, 6.45) is 3.31. The van der Waals surface area contributed by atoms with Crippen LogP contribution in [0.4, 0.5) is 0 Å². The van der Waals surface area contributed by atoms with Gasteiger partial charge >= 0.3 is 0 Å². The molecule has 0 bridgehead atoms. The smallest absolute Gasteiger partial charge is 0.267 e. The van der Waals surface area contributed by atoms with Gasteiger partial charge in [0.05, 0.1) is 11.7 Å². The summed E-state index contributed by atoms with van der Waals surface area (Å²) in [5.74, 6) is -0.261. The van der Waals surface area contributed by atoms with E-state index in [-0.39, 0.29) is 17.5 Å². The van der Waals surface area contributed by atoms with E-state index in [1.807, 2.05) is 37.3 Å². The number of hydrogen-bond donors (Lipinski definition) is 1. The van der Waals surface area contributed by atoms with Crippen LogP contribution in [0.2, 0.25) is 0 Å². The average Bonchev–Trinajstić information content (AvgIpc) is 2.69. The highest BCUT2D eigenvalue weighted by Gasteiger charge is 2.20. The molecule has 6 nitrogen and oxygen atoms in total. The Morgan fingerprint density at radius 1 is 1.00 bits per heavy atom. The van der Waals surface area contributed by atoms with Gasteiger partial charge in [-0.25, -0.2) is 4.68 Å². The third-order valence-corrected chi connectivity index (χ3v) is 4.21. The van der Waals surface area contributed by atoms with Gasteiger partial charge < -0.3 is 5.32 Å². The van der Waals surface area contributed by atoms with Gasteiger partial charge in [0, 0.05) is 24.0 Å². The Morgan fingerprint density at radius 3 is 2.38 bits per heavy atom. The highest BCUT2D eigenvalue weighted by atomic mass is 16.2. The second kappa shape index (κ2) is 7.74. The number of amides is 1. The molecule has 1 N–H and O–H groups in total. The Morgan fingerprint density at radius 2 is 1.69 bits per heavy atom. The molecule has 0 spiro atoms. The summed E-state index contributed by atoms with van der Waals surface area (Å²) < 4.78 is 1.21. The lowest BCUT2D eigenvalue weighted by Crippen LogP contribution is -2.38. The van der Waals surface area contributed by atoms with Gasteiger partial charge in [0.1, 0.15) is 6.04 Å². The van der Waals surface area contributed by atoms with Crippen molar-refractivity contribution in [3.63, 3.8) is 0 Å². The Balaban J connectivity index is 1.82. The lowest BCUT2D eigenvalue weighted by molar-refractivity contribution is -0.124. The Hall–Kier alpha value is -3.28. The number of carbonyl (C=O) groups excluding carboxylic acids is 1. The normalized spacial score (nSPS) is 13.0. The summed E-state index contributed by atoms with van der Waals surface area (Å²) in [6.45, 7) is 3.57. The molecule has 0 aliphatic rings. The molecule has 0 fully saturated rings. The van der Waals surface area contributed by atoms with Gasteiger partial charge in [0.25, 0.3) is 5.56 Å². The lowest BCUT2D eigenvalue weighted by atomic mass is 10.1. The molecule has 2 atom stereocenters. The number of pyridine rings is 1. The van der Waals surface area contributed by atoms with Crippen LogP contribution < -0.4 is 10.9 Å². The minimum atomic E-state index is -0.726. The zero-order valence-electron chi connectivity index (χ0n) is 14.7. The Bertz CT molecular complexity index is 939. The minimum Gasteiger partial charge on any atom is -0.348 e. The molecule has 2 heterocycles. The molecule has 2 unspecified atom stereocenters. The van der Waals surface area contributed by atoms with Gasteiger partial charge in [-0.05, 0) is 37.6 Å². The van der Waals surface area contributed by atoms with E-state index >= 15 is 0 Å². The van der Waals surface area contributed by atoms with Gasteiger partial charge in [-0.3, -0.25) is 14.6 Å². The standard InChI is InChI=1S/C20H20N4O2/c1-14(16-6-4-3-5-7-16)22-20(26)15(2)24-19(25)9-8-18(23-24)17-10-12-21-13-11-17/h3-15H,1-2H3,(H,22,26). The number of carbonyl (C=O) groups is 1. The van der Waals surface area contributed by atoms with Gasteiger partial charge in [0.15, 0.2) is 0 Å². The SMILES string of the molecule is CC(NC(=O)C(C)n1nc(-c2ccncc2)ccc1=O)c1ccccc1. The van der Waals surface area contributed by atoms with Crippen LogP contribution in [-0.4, -0.2) is 20.7 Å². The van der Waals surface area contributed by atoms with Crippen LogP contribution in [-0.2, 0) is 4.79 Å². The van der Waals surface area contributed by atoms with E-state index < -0.39 is 6.04 Å². The van der Waals surface area contributed by atoms with Crippen molar-refractivity contribution in [3.05, 3.63) is 82.9 Å². The third kappa shape index (κ3) is 3.85. The first kappa shape index (κ1) is 17.5. The second-order valence-corrected chi connectivity index (χ2v) is 6.05. The summed E-state index contributed by atoms with van der Waals surface area (Å²) in [4.78, 5) is 28.8. The van der Waals surface area contributed by atoms with Crippen LogP contribution in [0.3, 0.4) is 0 Å². The summed E-state index contributed by atoms with van der Waals surface area (Å²) in [5, 5.41) is 7.29. The minimum absolute atomic E-state index is 0.162. The van der Waals surface area contributed by atoms with Gasteiger partial charge in [0.2, 0.25) is 5.91 Å². The molecule has 0 aliphatic heterocycles. The van der Waals surface area contributed by atoms with Crippen LogP contribution in [0, 0.1) is 0 Å². The first-order valence-electron chi connectivity index (χ1n) is 8.42. The molecule has 2 aromatic heterocycles. The summed E-state index contributed by atoms with van der Waals surface area (Å²) in [6, 6.07) is 15.5. The molecule has 3 rings (SSSR count). The predicted molar refractivity (Wildman–Crippen MR) is 99.4 cm³/mol. The van der Waals surface area contributed by atoms with Crippen LogP contribution in [0.25, 0.3) is 11.3 Å². The van der Waals surface area contributed by atoms with Crippen molar-refractivity contribution >= 4 is 5.91 Å². The Labute approximate surface area is 151 Å². The van der Waals surface area contributed by atoms with E-state index in [0.29, 0.717) is 5.69 Å². The first-order chi connectivity index (χ1) is 12.6. The fraction of sp³-hybridized carbons (Fsp3) is 0.200. The van der Waals surface area contributed by atoms with E-state index in [1.54, 1.807) is 37.5 Å². The molecular weight excluding hydrogens is 328 g/mol. The van der Waals surface area contributed by atoms with Crippen molar-refractivity contribution in [1.82, 2.24) is 20.1 Å². The van der Waals surface area contributed by atoms with Crippen LogP contribution >= 0.6 is 0 Å². The highest BCUT2D eigenvalue weighted by Crippen LogP contribution is 2.16. The molecule has 1 aromatic carbocycles. The predicted octanol–water partition coefficient (Wildman–Crippen LogP) is 2.74. The first-order valence-corrected chi connectivity index (χ1v) is 8.42. The maximum Gasteiger partial charge on any atom is 0.267 e. The zero-order chi connectivity index (χ0) is 18.5. The van der Waals surface area contributed by atoms with Crippen molar-refractivity contribution in [3.8, 4) is 11.3 Å². The van der Waals surface area contributed by atoms with E-state index in [0.717, 1.165) is 11.1 Å². The fourth-order valence-corrected chi connectivity index (χ4v) is 2.65. The molecule has 3 aromatic rings. The van der Waals surface area contributed by atoms with Gasteiger partial charge in [-0.15, -0.1) is 0 Å². The summed E-state index contributed by atoms with van der Waals surface area (Å²) >= 11 is 0. The largest absolute Gasteiger partial charge is 0.348 e. The topological polar surface area (TPSA) is 76.9 Å². The number of hydrogen-bond acceptors (Lipinski definition) is 4. The van der Waals surface area contributed by atoms with Gasteiger partial charge in [-0.2, -0.15) is 5.10 Å². The van der Waals surface area contributed by atoms with Crippen molar-refractivity contribution in [1.29, 1.82) is 0 Å². The molecule has 1 amide bonds. The third-order valence-electron chi connectivity index (χ3n) is 4.21. The monoisotopic (exact) mass is 348 g/mol. The number of nitrogens with zero attached hydrogens (tertiary/aromatic N) is 3. The molecule has 0 radical (unpaired) electrons. The van der Waals surface area contributed by atoms with E-state index in [4.69, 9.17) is 0 Å². The second-order valence-electron chi connectivity index (χ2n) is 6.05. The Kier molecular flexibility index (Phi) is 5.22. The van der Waals surface area contributed by atoms with E-state index in [1.165, 1.54) is 10.7 Å². The van der Waals surface area contributed by atoms with Crippen LogP contribution in [0.5, 0.6) is 0 Å². The van der Waals surface area contributed by atoms with Crippen molar-refractivity contribution in [2.24, 2.45) is 0 Å². The molecule has 0 saturated heterocycles. The van der Waals surface area contributed by atoms with Crippen molar-refractivity contribution in [2.45, 2.75) is 25.9 Å². The zero-order valence-corrected chi connectivity index (χ0v) is 14.7. The average molecular weight is 348 g/mol. The van der Waals surface area contributed by atoms with Crippen molar-refractivity contribution in [2.75, 3.05) is 0 Å². The summed E-state index contributed by atoms with van der Waals surface area (Å²) in [7, 11) is 0. The quantitative estimate of drug-likeness (QED) is 0.769. The van der Waals surface area contributed by atoms with E-state index in [2.05, 4.69) is 15.4 Å². The molecular formula is C20H20N4O2. The van der Waals surface area contributed by atoms with Crippen LogP contribution in [0.15, 0.2) is 71.8 Å². The molecule has 6 heteroatoms.